The van der Waals surface area contributed by atoms with Crippen molar-refractivity contribution in [1.29, 1.82) is 0 Å². The van der Waals surface area contributed by atoms with E-state index in [0.717, 1.165) is 0 Å². The molecule has 2 heterocycles. The number of carbonyl (C=O) groups is 1. The van der Waals surface area contributed by atoms with Crippen molar-refractivity contribution in [3.05, 3.63) is 27.4 Å². The van der Waals surface area contributed by atoms with Gasteiger partial charge in [0.1, 0.15) is 12.2 Å². The van der Waals surface area contributed by atoms with Crippen LogP contribution in [0.2, 0.25) is 0 Å². The van der Waals surface area contributed by atoms with Crippen LogP contribution in [0.5, 0.6) is 0 Å². The lowest BCUT2D eigenvalue weighted by Gasteiger charge is -1.99. The van der Waals surface area contributed by atoms with E-state index in [9.17, 15) is 18.0 Å². The predicted octanol–water partition coefficient (Wildman–Crippen LogP) is -1.17. The topological polar surface area (TPSA) is 117 Å². The summed E-state index contributed by atoms with van der Waals surface area (Å²) < 4.78 is 22.5. The van der Waals surface area contributed by atoms with E-state index in [1.165, 1.54) is 0 Å². The molecule has 0 radical (unpaired) electrons. The van der Waals surface area contributed by atoms with Crippen molar-refractivity contribution in [3.63, 3.8) is 0 Å². The fourth-order valence-corrected chi connectivity index (χ4v) is 3.07. The standard InChI is InChI=1S/C8H8N2O5S/c11-7(12)1-6-9-5-3-16(14,15)2-4(5)8(13)10-6/h1-3H2,(H,11,12)(H,9,10,13). The Morgan fingerprint density at radius 2 is 2.12 bits per heavy atom. The van der Waals surface area contributed by atoms with Crippen LogP contribution in [0.1, 0.15) is 17.1 Å². The molecule has 1 aromatic heterocycles. The minimum atomic E-state index is -3.30. The molecule has 0 spiro atoms. The van der Waals surface area contributed by atoms with Crippen LogP contribution in [-0.2, 0) is 32.6 Å². The molecule has 0 aromatic carbocycles. The summed E-state index contributed by atoms with van der Waals surface area (Å²) in [6, 6.07) is 0. The highest BCUT2D eigenvalue weighted by Gasteiger charge is 2.29. The van der Waals surface area contributed by atoms with Gasteiger partial charge >= 0.3 is 5.97 Å². The number of aliphatic carboxylic acids is 1. The number of aromatic amines is 1. The molecule has 0 atom stereocenters. The summed E-state index contributed by atoms with van der Waals surface area (Å²) >= 11 is 0. The molecule has 0 saturated carbocycles. The Morgan fingerprint density at radius 1 is 1.44 bits per heavy atom. The average Bonchev–Trinajstić information content (AvgIpc) is 2.38. The van der Waals surface area contributed by atoms with Crippen LogP contribution in [0.4, 0.5) is 0 Å². The largest absolute Gasteiger partial charge is 0.481 e. The highest BCUT2D eigenvalue weighted by molar-refractivity contribution is 7.90. The van der Waals surface area contributed by atoms with Crippen molar-refractivity contribution in [2.75, 3.05) is 0 Å². The first-order valence-corrected chi connectivity index (χ1v) is 6.23. The second-order valence-corrected chi connectivity index (χ2v) is 5.61. The van der Waals surface area contributed by atoms with Crippen molar-refractivity contribution < 1.29 is 18.3 Å². The number of hydrogen-bond acceptors (Lipinski definition) is 5. The Kier molecular flexibility index (Phi) is 2.30. The maximum absolute atomic E-state index is 11.4. The molecular formula is C8H8N2O5S. The van der Waals surface area contributed by atoms with E-state index < -0.39 is 27.8 Å². The number of nitrogens with zero attached hydrogens (tertiary/aromatic N) is 1. The normalized spacial score (nSPS) is 17.0. The van der Waals surface area contributed by atoms with Gasteiger partial charge in [-0.2, -0.15) is 0 Å². The number of H-pyrrole nitrogens is 1. The Labute approximate surface area is 90.1 Å². The minimum Gasteiger partial charge on any atom is -0.481 e. The lowest BCUT2D eigenvalue weighted by Crippen LogP contribution is -2.19. The number of carboxylic acids is 1. The van der Waals surface area contributed by atoms with Crippen molar-refractivity contribution in [1.82, 2.24) is 9.97 Å². The lowest BCUT2D eigenvalue weighted by molar-refractivity contribution is -0.136. The molecule has 86 valence electrons. The number of rotatable bonds is 2. The van der Waals surface area contributed by atoms with E-state index in [0.29, 0.717) is 0 Å². The summed E-state index contributed by atoms with van der Waals surface area (Å²) in [6.07, 6.45) is -0.428. The first-order chi connectivity index (χ1) is 7.37. The first kappa shape index (κ1) is 10.8. The Balaban J connectivity index is 2.50. The van der Waals surface area contributed by atoms with Gasteiger partial charge in [-0.05, 0) is 0 Å². The Morgan fingerprint density at radius 3 is 2.75 bits per heavy atom. The second-order valence-electron chi connectivity index (χ2n) is 3.54. The van der Waals surface area contributed by atoms with Crippen LogP contribution in [0.15, 0.2) is 4.79 Å². The number of hydrogen-bond donors (Lipinski definition) is 2. The van der Waals surface area contributed by atoms with Gasteiger partial charge in [0.05, 0.1) is 22.8 Å². The van der Waals surface area contributed by atoms with Gasteiger partial charge in [0.25, 0.3) is 5.56 Å². The van der Waals surface area contributed by atoms with Crippen LogP contribution >= 0.6 is 0 Å². The smallest absolute Gasteiger partial charge is 0.311 e. The molecule has 2 N–H and O–H groups in total. The molecule has 1 aliphatic heterocycles. The zero-order valence-electron chi connectivity index (χ0n) is 8.06. The highest BCUT2D eigenvalue weighted by Crippen LogP contribution is 2.19. The van der Waals surface area contributed by atoms with Crippen LogP contribution in [0, 0.1) is 0 Å². The van der Waals surface area contributed by atoms with Gasteiger partial charge in [-0.3, -0.25) is 9.59 Å². The highest BCUT2D eigenvalue weighted by atomic mass is 32.2. The molecular weight excluding hydrogens is 236 g/mol. The Hall–Kier alpha value is -1.70. The summed E-state index contributed by atoms with van der Waals surface area (Å²) in [6.45, 7) is 0. The first-order valence-electron chi connectivity index (χ1n) is 4.40. The summed E-state index contributed by atoms with van der Waals surface area (Å²) in [5, 5.41) is 8.53. The van der Waals surface area contributed by atoms with Gasteiger partial charge in [0, 0.05) is 0 Å². The fraction of sp³-hybridized carbons (Fsp3) is 0.375. The van der Waals surface area contributed by atoms with Crippen LogP contribution < -0.4 is 5.56 Å². The predicted molar refractivity (Wildman–Crippen MR) is 52.5 cm³/mol. The van der Waals surface area contributed by atoms with E-state index in [1.54, 1.807) is 0 Å². The van der Waals surface area contributed by atoms with E-state index in [-0.39, 0.29) is 28.6 Å². The molecule has 1 aromatic rings. The van der Waals surface area contributed by atoms with Crippen LogP contribution in [0.3, 0.4) is 0 Å². The quantitative estimate of drug-likeness (QED) is 0.676. The lowest BCUT2D eigenvalue weighted by atomic mass is 10.2. The van der Waals surface area contributed by atoms with Crippen LogP contribution in [-0.4, -0.2) is 29.5 Å². The zero-order valence-corrected chi connectivity index (χ0v) is 8.87. The number of aromatic nitrogens is 2. The molecule has 0 saturated heterocycles. The van der Waals surface area contributed by atoms with E-state index >= 15 is 0 Å². The van der Waals surface area contributed by atoms with Crippen molar-refractivity contribution in [3.8, 4) is 0 Å². The molecule has 0 fully saturated rings. The van der Waals surface area contributed by atoms with E-state index in [4.69, 9.17) is 5.11 Å². The molecule has 8 heteroatoms. The number of nitrogens with one attached hydrogen (secondary N) is 1. The molecule has 16 heavy (non-hydrogen) atoms. The molecule has 0 aliphatic carbocycles. The van der Waals surface area contributed by atoms with Crippen molar-refractivity contribution in [2.24, 2.45) is 0 Å². The van der Waals surface area contributed by atoms with Gasteiger partial charge in [0.2, 0.25) is 0 Å². The van der Waals surface area contributed by atoms with Crippen molar-refractivity contribution >= 4 is 15.8 Å². The second kappa shape index (κ2) is 3.41. The number of carboxylic acid groups (broad SMARTS) is 1. The third kappa shape index (κ3) is 1.96. The van der Waals surface area contributed by atoms with Crippen molar-refractivity contribution in [2.45, 2.75) is 17.9 Å². The molecule has 7 nitrogen and oxygen atoms in total. The van der Waals surface area contributed by atoms with Gasteiger partial charge in [-0.15, -0.1) is 0 Å². The van der Waals surface area contributed by atoms with E-state index in [2.05, 4.69) is 9.97 Å². The molecule has 0 bridgehead atoms. The number of fused-ring (bicyclic) bond motifs is 1. The van der Waals surface area contributed by atoms with Gasteiger partial charge in [0.15, 0.2) is 9.84 Å². The zero-order chi connectivity index (χ0) is 11.9. The van der Waals surface area contributed by atoms with Gasteiger partial charge < -0.3 is 10.1 Å². The summed E-state index contributed by atoms with van der Waals surface area (Å²) in [4.78, 5) is 28.0. The van der Waals surface area contributed by atoms with Gasteiger partial charge in [-0.25, -0.2) is 13.4 Å². The Bertz CT molecular complexity index is 616. The minimum absolute atomic E-state index is 0.0200. The maximum Gasteiger partial charge on any atom is 0.311 e. The summed E-state index contributed by atoms with van der Waals surface area (Å²) in [5.41, 5.74) is -0.281. The molecule has 2 rings (SSSR count). The summed E-state index contributed by atoms with van der Waals surface area (Å²) in [5.74, 6) is -1.77. The SMILES string of the molecule is O=C(O)Cc1nc2c(c(=O)[nH]1)CS(=O)(=O)C2. The van der Waals surface area contributed by atoms with Crippen LogP contribution in [0.25, 0.3) is 0 Å². The maximum atomic E-state index is 11.4. The number of sulfone groups is 1. The average molecular weight is 244 g/mol. The molecule has 1 aliphatic rings. The third-order valence-electron chi connectivity index (χ3n) is 2.19. The molecule has 0 unspecified atom stereocenters. The molecule has 0 amide bonds. The van der Waals surface area contributed by atoms with Gasteiger partial charge in [-0.1, -0.05) is 0 Å². The monoisotopic (exact) mass is 244 g/mol. The van der Waals surface area contributed by atoms with E-state index in [1.807, 2.05) is 0 Å². The fourth-order valence-electron chi connectivity index (χ4n) is 1.57. The third-order valence-corrected chi connectivity index (χ3v) is 3.63. The summed E-state index contributed by atoms with van der Waals surface area (Å²) in [7, 11) is -3.30.